The zero-order valence-corrected chi connectivity index (χ0v) is 17.6. The van der Waals surface area contributed by atoms with Crippen molar-refractivity contribution in [2.45, 2.75) is 26.4 Å². The number of halogens is 1. The van der Waals surface area contributed by atoms with E-state index in [0.29, 0.717) is 21.5 Å². The van der Waals surface area contributed by atoms with Gasteiger partial charge in [0.2, 0.25) is 5.91 Å². The van der Waals surface area contributed by atoms with Crippen molar-refractivity contribution in [1.82, 2.24) is 9.13 Å². The van der Waals surface area contributed by atoms with Crippen LogP contribution in [0.2, 0.25) is 0 Å². The number of aryl methyl sites for hydroxylation is 1. The maximum absolute atomic E-state index is 13.2. The second-order valence-corrected chi connectivity index (χ2v) is 8.04. The number of hydrogen-bond acceptors (Lipinski definition) is 4. The molecule has 0 saturated carbocycles. The predicted octanol–water partition coefficient (Wildman–Crippen LogP) is 3.61. The molecule has 0 aliphatic carbocycles. The van der Waals surface area contributed by atoms with Gasteiger partial charge in [-0.1, -0.05) is 31.2 Å². The van der Waals surface area contributed by atoms with Gasteiger partial charge in [0.1, 0.15) is 17.1 Å². The lowest BCUT2D eigenvalue weighted by Crippen LogP contribution is -2.41. The van der Waals surface area contributed by atoms with Gasteiger partial charge in [0.25, 0.3) is 5.56 Å². The predicted molar refractivity (Wildman–Crippen MR) is 120 cm³/mol. The Balaban J connectivity index is 1.69. The first-order valence-corrected chi connectivity index (χ1v) is 10.7. The summed E-state index contributed by atoms with van der Waals surface area (Å²) in [5.41, 5.74) is 1.77. The zero-order chi connectivity index (χ0) is 22.0. The molecule has 4 rings (SSSR count). The van der Waals surface area contributed by atoms with Crippen LogP contribution in [0.3, 0.4) is 0 Å². The zero-order valence-electron chi connectivity index (χ0n) is 16.8. The van der Waals surface area contributed by atoms with Gasteiger partial charge in [-0.3, -0.25) is 18.7 Å². The maximum atomic E-state index is 13.2. The largest absolute Gasteiger partial charge is 0.332 e. The summed E-state index contributed by atoms with van der Waals surface area (Å²) >= 11 is 1.22. The van der Waals surface area contributed by atoms with E-state index in [0.717, 1.165) is 16.6 Å². The second-order valence-electron chi connectivity index (χ2n) is 7.12. The Hall–Kier alpha value is -3.52. The van der Waals surface area contributed by atoms with Crippen molar-refractivity contribution < 1.29 is 9.18 Å². The van der Waals surface area contributed by atoms with Crippen molar-refractivity contribution in [3.63, 3.8) is 0 Å². The van der Waals surface area contributed by atoms with E-state index in [1.54, 1.807) is 17.5 Å². The first-order chi connectivity index (χ1) is 15.0. The number of rotatable bonds is 6. The van der Waals surface area contributed by atoms with Crippen molar-refractivity contribution in [1.29, 1.82) is 0 Å². The van der Waals surface area contributed by atoms with Gasteiger partial charge in [0.15, 0.2) is 0 Å². The Morgan fingerprint density at radius 2 is 1.81 bits per heavy atom. The van der Waals surface area contributed by atoms with E-state index >= 15 is 0 Å². The third-order valence-electron chi connectivity index (χ3n) is 5.01. The van der Waals surface area contributed by atoms with Gasteiger partial charge in [-0.05, 0) is 53.3 Å². The highest BCUT2D eigenvalue weighted by molar-refractivity contribution is 7.17. The highest BCUT2D eigenvalue weighted by Crippen LogP contribution is 2.16. The molecular formula is C23H20FN3O3S. The Bertz CT molecular complexity index is 1370. The molecule has 8 heteroatoms. The molecule has 1 amide bonds. The van der Waals surface area contributed by atoms with Crippen LogP contribution >= 0.6 is 11.3 Å². The van der Waals surface area contributed by atoms with Crippen LogP contribution in [-0.4, -0.2) is 15.0 Å². The van der Waals surface area contributed by atoms with Crippen LogP contribution in [0.5, 0.6) is 0 Å². The fourth-order valence-corrected chi connectivity index (χ4v) is 4.25. The molecule has 2 aromatic carbocycles. The summed E-state index contributed by atoms with van der Waals surface area (Å²) in [6.45, 7) is 1.79. The molecule has 6 nitrogen and oxygen atoms in total. The molecule has 0 atom stereocenters. The lowest BCUT2D eigenvalue weighted by Gasteiger charge is -2.13. The molecule has 0 fully saturated rings. The summed E-state index contributed by atoms with van der Waals surface area (Å²) in [4.78, 5) is 38.7. The van der Waals surface area contributed by atoms with E-state index in [1.165, 1.54) is 40.2 Å². The molecule has 0 aliphatic heterocycles. The molecule has 0 aliphatic rings. The number of hydrogen-bond donors (Lipinski definition) is 1. The highest BCUT2D eigenvalue weighted by Gasteiger charge is 2.17. The van der Waals surface area contributed by atoms with Gasteiger partial charge in [0, 0.05) is 5.69 Å². The number of fused-ring (bicyclic) bond motifs is 1. The molecule has 2 aromatic heterocycles. The summed E-state index contributed by atoms with van der Waals surface area (Å²) in [5, 5.41) is 4.53. The summed E-state index contributed by atoms with van der Waals surface area (Å²) in [7, 11) is 0. The highest BCUT2D eigenvalue weighted by atomic mass is 32.1. The van der Waals surface area contributed by atoms with Crippen molar-refractivity contribution in [2.75, 3.05) is 5.32 Å². The average molecular weight is 437 g/mol. The molecular weight excluding hydrogens is 417 g/mol. The molecule has 0 spiro atoms. The van der Waals surface area contributed by atoms with Crippen LogP contribution in [0.25, 0.3) is 10.2 Å². The van der Waals surface area contributed by atoms with Gasteiger partial charge >= 0.3 is 5.69 Å². The Kier molecular flexibility index (Phi) is 5.81. The molecule has 2 heterocycles. The van der Waals surface area contributed by atoms with Gasteiger partial charge in [0.05, 0.1) is 12.1 Å². The van der Waals surface area contributed by atoms with Crippen molar-refractivity contribution >= 4 is 33.1 Å². The van der Waals surface area contributed by atoms with Gasteiger partial charge in [-0.25, -0.2) is 9.18 Å². The monoisotopic (exact) mass is 437 g/mol. The molecule has 0 saturated heterocycles. The van der Waals surface area contributed by atoms with E-state index in [-0.39, 0.29) is 19.0 Å². The fourth-order valence-electron chi connectivity index (χ4n) is 3.41. The lowest BCUT2D eigenvalue weighted by molar-refractivity contribution is -0.116. The number of carbonyl (C=O) groups is 1. The Morgan fingerprint density at radius 1 is 1.03 bits per heavy atom. The normalized spacial score (nSPS) is 11.0. The second kappa shape index (κ2) is 8.69. The Morgan fingerprint density at radius 3 is 2.55 bits per heavy atom. The maximum Gasteiger partial charge on any atom is 0.332 e. The number of nitrogens with one attached hydrogen (secondary N) is 1. The molecule has 4 aromatic rings. The number of benzene rings is 2. The summed E-state index contributed by atoms with van der Waals surface area (Å²) in [6.07, 6.45) is 0.840. The van der Waals surface area contributed by atoms with Crippen LogP contribution in [0.1, 0.15) is 18.1 Å². The van der Waals surface area contributed by atoms with E-state index < -0.39 is 17.1 Å². The van der Waals surface area contributed by atoms with Crippen molar-refractivity contribution in [3.8, 4) is 0 Å². The third kappa shape index (κ3) is 4.34. The van der Waals surface area contributed by atoms with Gasteiger partial charge in [-0.2, -0.15) is 0 Å². The molecule has 1 N–H and O–H groups in total. The van der Waals surface area contributed by atoms with Crippen LogP contribution < -0.4 is 16.6 Å². The van der Waals surface area contributed by atoms with Crippen LogP contribution in [0, 0.1) is 5.82 Å². The lowest BCUT2D eigenvalue weighted by atomic mass is 10.1. The van der Waals surface area contributed by atoms with Crippen molar-refractivity contribution in [2.24, 2.45) is 0 Å². The molecule has 158 valence electrons. The number of thiophene rings is 1. The van der Waals surface area contributed by atoms with Crippen molar-refractivity contribution in [3.05, 3.63) is 97.8 Å². The smallest absolute Gasteiger partial charge is 0.325 e. The minimum absolute atomic E-state index is 0.00799. The Labute approximate surface area is 181 Å². The van der Waals surface area contributed by atoms with E-state index in [4.69, 9.17) is 0 Å². The molecule has 0 radical (unpaired) electrons. The number of anilines is 1. The summed E-state index contributed by atoms with van der Waals surface area (Å²) < 4.78 is 16.0. The minimum Gasteiger partial charge on any atom is -0.325 e. The topological polar surface area (TPSA) is 73.1 Å². The minimum atomic E-state index is -0.585. The standard InChI is InChI=1S/C23H20FN3O3S/c1-2-15-4-3-5-18(12-15)25-20(28)14-26-19-10-11-31-21(19)22(29)27(23(26)30)13-16-6-8-17(24)9-7-16/h3-12H,2,13-14H2,1H3,(H,25,28). The van der Waals surface area contributed by atoms with E-state index in [2.05, 4.69) is 5.32 Å². The summed E-state index contributed by atoms with van der Waals surface area (Å²) in [5.74, 6) is -0.763. The first-order valence-electron chi connectivity index (χ1n) is 9.80. The summed E-state index contributed by atoms with van der Waals surface area (Å²) in [6, 6.07) is 14.8. The quantitative estimate of drug-likeness (QED) is 0.501. The van der Waals surface area contributed by atoms with Gasteiger partial charge in [-0.15, -0.1) is 11.3 Å². The van der Waals surface area contributed by atoms with Crippen LogP contribution in [0.4, 0.5) is 10.1 Å². The number of amides is 1. The first kappa shape index (κ1) is 20.7. The SMILES string of the molecule is CCc1cccc(NC(=O)Cn2c(=O)n(Cc3ccc(F)cc3)c(=O)c3sccc32)c1. The molecule has 0 unspecified atom stereocenters. The number of nitrogens with zero attached hydrogens (tertiary/aromatic N) is 2. The number of carbonyl (C=O) groups excluding carboxylic acids is 1. The third-order valence-corrected chi connectivity index (χ3v) is 5.90. The fraction of sp³-hybridized carbons (Fsp3) is 0.174. The molecule has 31 heavy (non-hydrogen) atoms. The average Bonchev–Trinajstić information content (AvgIpc) is 3.26. The van der Waals surface area contributed by atoms with Crippen LogP contribution in [0.15, 0.2) is 69.6 Å². The molecule has 0 bridgehead atoms. The van der Waals surface area contributed by atoms with E-state index in [1.807, 2.05) is 25.1 Å². The van der Waals surface area contributed by atoms with E-state index in [9.17, 15) is 18.8 Å². The van der Waals surface area contributed by atoms with Crippen LogP contribution in [-0.2, 0) is 24.3 Å². The van der Waals surface area contributed by atoms with Gasteiger partial charge < -0.3 is 5.32 Å². The number of aromatic nitrogens is 2.